The molecule has 0 aliphatic heterocycles. The Hall–Kier alpha value is 0.140. The highest BCUT2D eigenvalue weighted by Gasteiger charge is 2.09. The number of rotatable bonds is 5. The first kappa shape index (κ1) is 12.2. The van der Waals surface area contributed by atoms with E-state index in [-0.39, 0.29) is 0 Å². The van der Waals surface area contributed by atoms with Crippen LogP contribution in [-0.4, -0.2) is 13.1 Å². The van der Waals surface area contributed by atoms with Crippen molar-refractivity contribution in [1.82, 2.24) is 5.32 Å². The molecule has 80 valence electrons. The smallest absolute Gasteiger partial charge is 0.0285 e. The second-order valence-corrected chi connectivity index (χ2v) is 5.88. The van der Waals surface area contributed by atoms with Crippen LogP contribution < -0.4 is 5.32 Å². The van der Waals surface area contributed by atoms with Gasteiger partial charge < -0.3 is 5.32 Å². The van der Waals surface area contributed by atoms with Gasteiger partial charge in [0.25, 0.3) is 0 Å². The average molecular weight is 276 g/mol. The highest BCUT2D eigenvalue weighted by atomic mass is 79.9. The van der Waals surface area contributed by atoms with Gasteiger partial charge in [-0.3, -0.25) is 0 Å². The summed E-state index contributed by atoms with van der Waals surface area (Å²) < 4.78 is 1.21. The number of hydrogen-bond donors (Lipinski definition) is 1. The Morgan fingerprint density at radius 3 is 2.71 bits per heavy atom. The zero-order chi connectivity index (χ0) is 10.6. The lowest BCUT2D eigenvalue weighted by Crippen LogP contribution is -2.24. The molecule has 0 radical (unpaired) electrons. The van der Waals surface area contributed by atoms with Crippen LogP contribution in [0.25, 0.3) is 0 Å². The van der Waals surface area contributed by atoms with Gasteiger partial charge in [0.15, 0.2) is 0 Å². The lowest BCUT2D eigenvalue weighted by atomic mass is 9.99. The van der Waals surface area contributed by atoms with Crippen LogP contribution in [0.2, 0.25) is 0 Å². The van der Waals surface area contributed by atoms with E-state index in [0.29, 0.717) is 6.04 Å². The summed E-state index contributed by atoms with van der Waals surface area (Å²) in [5.41, 5.74) is 0. The molecule has 3 heteroatoms. The minimum absolute atomic E-state index is 0.619. The number of halogens is 1. The molecule has 0 bridgehead atoms. The molecule has 2 unspecified atom stereocenters. The van der Waals surface area contributed by atoms with Crippen molar-refractivity contribution in [1.29, 1.82) is 0 Å². The van der Waals surface area contributed by atoms with Crippen molar-refractivity contribution >= 4 is 27.3 Å². The maximum absolute atomic E-state index is 3.48. The molecule has 0 fully saturated rings. The van der Waals surface area contributed by atoms with E-state index in [4.69, 9.17) is 0 Å². The van der Waals surface area contributed by atoms with Gasteiger partial charge in [0.2, 0.25) is 0 Å². The van der Waals surface area contributed by atoms with E-state index in [1.54, 1.807) is 0 Å². The van der Waals surface area contributed by atoms with Crippen molar-refractivity contribution in [2.24, 2.45) is 5.92 Å². The summed E-state index contributed by atoms with van der Waals surface area (Å²) in [6, 6.07) is 2.85. The molecule has 0 saturated carbocycles. The second-order valence-electron chi connectivity index (χ2n) is 3.97. The van der Waals surface area contributed by atoms with Crippen LogP contribution in [0.4, 0.5) is 0 Å². The summed E-state index contributed by atoms with van der Waals surface area (Å²) in [5, 5.41) is 5.44. The first-order valence-corrected chi connectivity index (χ1v) is 6.69. The number of hydrogen-bond acceptors (Lipinski definition) is 2. The Balaban J connectivity index is 2.37. The van der Waals surface area contributed by atoms with Crippen LogP contribution >= 0.6 is 27.3 Å². The van der Waals surface area contributed by atoms with E-state index in [1.807, 2.05) is 18.4 Å². The zero-order valence-electron chi connectivity index (χ0n) is 9.01. The molecule has 1 aromatic rings. The topological polar surface area (TPSA) is 12.0 Å². The van der Waals surface area contributed by atoms with Crippen LogP contribution in [0.3, 0.4) is 0 Å². The molecule has 0 aliphatic rings. The molecule has 2 atom stereocenters. The van der Waals surface area contributed by atoms with Gasteiger partial charge in [-0.2, -0.15) is 0 Å². The Morgan fingerprint density at radius 2 is 2.21 bits per heavy atom. The third kappa shape index (κ3) is 4.11. The van der Waals surface area contributed by atoms with Gasteiger partial charge in [-0.15, -0.1) is 11.3 Å². The number of nitrogens with one attached hydrogen (secondary N) is 1. The fourth-order valence-electron chi connectivity index (χ4n) is 1.61. The summed E-state index contributed by atoms with van der Waals surface area (Å²) in [7, 11) is 2.03. The van der Waals surface area contributed by atoms with Crippen LogP contribution in [0.1, 0.15) is 25.1 Å². The highest BCUT2D eigenvalue weighted by molar-refractivity contribution is 9.10. The predicted molar refractivity (Wildman–Crippen MR) is 68.0 cm³/mol. The van der Waals surface area contributed by atoms with Gasteiger partial charge in [0.05, 0.1) is 0 Å². The zero-order valence-corrected chi connectivity index (χ0v) is 11.4. The highest BCUT2D eigenvalue weighted by Crippen LogP contribution is 2.23. The van der Waals surface area contributed by atoms with E-state index >= 15 is 0 Å². The summed E-state index contributed by atoms with van der Waals surface area (Å²) in [6.45, 7) is 4.56. The molecular formula is C11H18BrNS. The van der Waals surface area contributed by atoms with E-state index in [2.05, 4.69) is 46.5 Å². The predicted octanol–water partition coefficient (Wildman–Crippen LogP) is 3.69. The number of thiophene rings is 1. The summed E-state index contributed by atoms with van der Waals surface area (Å²) >= 11 is 5.33. The normalized spacial score (nSPS) is 15.4. The lowest BCUT2D eigenvalue weighted by Gasteiger charge is -2.15. The first-order valence-electron chi connectivity index (χ1n) is 5.02. The molecule has 1 rings (SSSR count). The van der Waals surface area contributed by atoms with Gasteiger partial charge >= 0.3 is 0 Å². The monoisotopic (exact) mass is 275 g/mol. The summed E-state index contributed by atoms with van der Waals surface area (Å²) in [6.07, 6.45) is 2.44. The molecule has 1 heterocycles. The molecule has 14 heavy (non-hydrogen) atoms. The van der Waals surface area contributed by atoms with Crippen LogP contribution in [0, 0.1) is 5.92 Å². The van der Waals surface area contributed by atoms with Gasteiger partial charge in [-0.05, 0) is 54.7 Å². The van der Waals surface area contributed by atoms with Crippen molar-refractivity contribution in [3.05, 3.63) is 20.8 Å². The molecule has 0 aromatic carbocycles. The second kappa shape index (κ2) is 5.89. The lowest BCUT2D eigenvalue weighted by molar-refractivity contribution is 0.442. The Labute approximate surface area is 99.0 Å². The van der Waals surface area contributed by atoms with Gasteiger partial charge in [0.1, 0.15) is 0 Å². The van der Waals surface area contributed by atoms with E-state index in [1.165, 1.54) is 22.2 Å². The van der Waals surface area contributed by atoms with E-state index in [0.717, 1.165) is 5.92 Å². The third-order valence-corrected chi connectivity index (χ3v) is 4.14. The van der Waals surface area contributed by atoms with Crippen LogP contribution in [0.5, 0.6) is 0 Å². The molecule has 0 spiro atoms. The van der Waals surface area contributed by atoms with Crippen molar-refractivity contribution in [3.63, 3.8) is 0 Å². The Morgan fingerprint density at radius 1 is 1.50 bits per heavy atom. The standard InChI is InChI=1S/C11H18BrNS/c1-8(4-9(2)13-3)5-11-6-10(12)7-14-11/h6-9,13H,4-5H2,1-3H3. The van der Waals surface area contributed by atoms with Gasteiger partial charge in [0, 0.05) is 20.8 Å². The first-order chi connectivity index (χ1) is 6.61. The molecule has 0 amide bonds. The fourth-order valence-corrected chi connectivity index (χ4v) is 3.23. The minimum Gasteiger partial charge on any atom is -0.317 e. The molecule has 1 N–H and O–H groups in total. The van der Waals surface area contributed by atoms with Crippen molar-refractivity contribution in [3.8, 4) is 0 Å². The minimum atomic E-state index is 0.619. The van der Waals surface area contributed by atoms with Crippen molar-refractivity contribution in [2.45, 2.75) is 32.7 Å². The molecular weight excluding hydrogens is 258 g/mol. The van der Waals surface area contributed by atoms with Gasteiger partial charge in [-0.25, -0.2) is 0 Å². The molecule has 1 aromatic heterocycles. The van der Waals surface area contributed by atoms with E-state index in [9.17, 15) is 0 Å². The molecule has 0 saturated heterocycles. The Kier molecular flexibility index (Phi) is 5.13. The third-order valence-electron chi connectivity index (χ3n) is 2.42. The summed E-state index contributed by atoms with van der Waals surface area (Å²) in [4.78, 5) is 1.48. The SMILES string of the molecule is CNC(C)CC(C)Cc1cc(Br)cs1. The van der Waals surface area contributed by atoms with Crippen LogP contribution in [0.15, 0.2) is 15.9 Å². The van der Waals surface area contributed by atoms with Crippen molar-refractivity contribution in [2.75, 3.05) is 7.05 Å². The maximum Gasteiger partial charge on any atom is 0.0285 e. The quantitative estimate of drug-likeness (QED) is 0.865. The maximum atomic E-state index is 3.48. The Bertz CT molecular complexity index is 272. The average Bonchev–Trinajstić information content (AvgIpc) is 2.50. The summed E-state index contributed by atoms with van der Waals surface area (Å²) in [5.74, 6) is 0.753. The van der Waals surface area contributed by atoms with E-state index < -0.39 is 0 Å². The van der Waals surface area contributed by atoms with Gasteiger partial charge in [-0.1, -0.05) is 6.92 Å². The molecule has 0 aliphatic carbocycles. The largest absolute Gasteiger partial charge is 0.317 e. The van der Waals surface area contributed by atoms with Crippen molar-refractivity contribution < 1.29 is 0 Å². The van der Waals surface area contributed by atoms with Crippen LogP contribution in [-0.2, 0) is 6.42 Å². The fraction of sp³-hybridized carbons (Fsp3) is 0.636. The molecule has 1 nitrogen and oxygen atoms in total.